The summed E-state index contributed by atoms with van der Waals surface area (Å²) in [6, 6.07) is 2.27. The number of amides is 4. The van der Waals surface area contributed by atoms with Crippen molar-refractivity contribution in [2.24, 2.45) is 5.92 Å². The summed E-state index contributed by atoms with van der Waals surface area (Å²) < 4.78 is 25.1. The van der Waals surface area contributed by atoms with Crippen molar-refractivity contribution >= 4 is 46.9 Å². The third-order valence-electron chi connectivity index (χ3n) is 4.55. The number of methoxy groups -OCH3 is 1. The van der Waals surface area contributed by atoms with Crippen LogP contribution in [-0.2, 0) is 19.1 Å². The molecule has 1 saturated heterocycles. The number of likely N-dealkylation sites (N-methyl/N-ethyl adjacent to an activating group) is 1. The predicted octanol–water partition coefficient (Wildman–Crippen LogP) is 0.846. The van der Waals surface area contributed by atoms with E-state index < -0.39 is 42.7 Å². The van der Waals surface area contributed by atoms with Gasteiger partial charge >= 0.3 is 6.09 Å². The van der Waals surface area contributed by atoms with Crippen molar-refractivity contribution in [3.63, 3.8) is 0 Å². The van der Waals surface area contributed by atoms with Gasteiger partial charge in [0.15, 0.2) is 0 Å². The van der Waals surface area contributed by atoms with E-state index in [4.69, 9.17) is 15.7 Å². The summed E-state index contributed by atoms with van der Waals surface area (Å²) in [4.78, 5) is 61.4. The minimum atomic E-state index is -3.01. The summed E-state index contributed by atoms with van der Waals surface area (Å²) in [6.07, 6.45) is -1.06. The Labute approximate surface area is 182 Å². The van der Waals surface area contributed by atoms with Crippen molar-refractivity contribution in [2.45, 2.75) is 31.8 Å². The molecule has 0 radical (unpaired) electrons. The van der Waals surface area contributed by atoms with Crippen LogP contribution in [0.25, 0.3) is 0 Å². The number of ketones is 1. The van der Waals surface area contributed by atoms with Crippen LogP contribution in [0.3, 0.4) is 0 Å². The third kappa shape index (κ3) is 5.69. The fourth-order valence-corrected chi connectivity index (χ4v) is 3.31. The second-order valence-electron chi connectivity index (χ2n) is 6.75. The van der Waals surface area contributed by atoms with Gasteiger partial charge in [-0.05, 0) is 38.0 Å². The molecule has 3 atom stereocenters. The molecule has 1 heterocycles. The van der Waals surface area contributed by atoms with Gasteiger partial charge in [0.2, 0.25) is 11.7 Å². The number of hydrogen-bond acceptors (Lipinski definition) is 6. The SMILES string of the molecule is [2H]C([2H])([2H])OC(=O)Nc1ccc(Cl)cc1C(=O)N[C@@H](C[C@@H]1C[C@@H](C)NC1=O)C(=O)C(=O)NC. The van der Waals surface area contributed by atoms with E-state index in [1.165, 1.54) is 25.2 Å². The summed E-state index contributed by atoms with van der Waals surface area (Å²) in [5.41, 5.74) is -0.367. The molecule has 1 fully saturated rings. The Hall–Kier alpha value is -3.14. The van der Waals surface area contributed by atoms with Crippen LogP contribution in [0.5, 0.6) is 0 Å². The quantitative estimate of drug-likeness (QED) is 0.462. The topological polar surface area (TPSA) is 143 Å². The van der Waals surface area contributed by atoms with Crippen molar-refractivity contribution in [1.29, 1.82) is 0 Å². The molecule has 0 unspecified atom stereocenters. The molecule has 1 aliphatic heterocycles. The Balaban J connectivity index is 2.28. The van der Waals surface area contributed by atoms with Crippen molar-refractivity contribution < 1.29 is 32.8 Å². The lowest BCUT2D eigenvalue weighted by Crippen LogP contribution is -2.48. The highest BCUT2D eigenvalue weighted by molar-refractivity contribution is 6.38. The first-order valence-electron chi connectivity index (χ1n) is 10.5. The van der Waals surface area contributed by atoms with E-state index in [-0.39, 0.29) is 34.6 Å². The van der Waals surface area contributed by atoms with Crippen LogP contribution < -0.4 is 21.3 Å². The smallest absolute Gasteiger partial charge is 0.411 e. The first-order chi connectivity index (χ1) is 15.3. The number of Topliss-reactive ketones (excluding diaryl/α,β-unsaturated/α-hetero) is 1. The first kappa shape index (κ1) is 18.9. The molecular formula is C19H23ClN4O6. The summed E-state index contributed by atoms with van der Waals surface area (Å²) >= 11 is 5.95. The van der Waals surface area contributed by atoms with Gasteiger partial charge in [-0.3, -0.25) is 24.5 Å². The van der Waals surface area contributed by atoms with Crippen LogP contribution in [0, 0.1) is 5.92 Å². The molecule has 0 aliphatic carbocycles. The molecule has 10 nitrogen and oxygen atoms in total. The van der Waals surface area contributed by atoms with Crippen molar-refractivity contribution in [3.8, 4) is 0 Å². The Morgan fingerprint density at radius 1 is 1.37 bits per heavy atom. The Morgan fingerprint density at radius 2 is 2.10 bits per heavy atom. The summed E-state index contributed by atoms with van der Waals surface area (Å²) in [7, 11) is -1.76. The molecule has 0 saturated carbocycles. The second-order valence-corrected chi connectivity index (χ2v) is 7.19. The number of rotatable bonds is 7. The van der Waals surface area contributed by atoms with Crippen LogP contribution in [0.1, 0.15) is 34.2 Å². The van der Waals surface area contributed by atoms with E-state index in [1.807, 2.05) is 0 Å². The number of carbonyl (C=O) groups is 5. The molecule has 0 aromatic heterocycles. The maximum Gasteiger partial charge on any atom is 0.411 e. The van der Waals surface area contributed by atoms with E-state index in [1.54, 1.807) is 6.92 Å². The standard InChI is InChI=1S/C19H23ClN4O6/c1-9-6-10(16(26)22-9)7-14(15(25)18(28)21-2)23-17(27)12-8-11(20)4-5-13(12)24-19(29)30-3/h4-5,8-10,14H,6-7H2,1-3H3,(H,21,28)(H,22,26)(H,23,27)(H,24,29)/t9-,10+,14+/m1/s1/i3D3. The minimum absolute atomic E-state index is 0.105. The van der Waals surface area contributed by atoms with E-state index in [0.29, 0.717) is 6.42 Å². The largest absolute Gasteiger partial charge is 0.453 e. The Kier molecular flexibility index (Phi) is 6.32. The van der Waals surface area contributed by atoms with Gasteiger partial charge in [-0.2, -0.15) is 0 Å². The van der Waals surface area contributed by atoms with Crippen LogP contribution in [0.2, 0.25) is 5.02 Å². The number of carbonyl (C=O) groups excluding carboxylic acids is 5. The van der Waals surface area contributed by atoms with Gasteiger partial charge in [-0.1, -0.05) is 11.6 Å². The molecule has 0 spiro atoms. The van der Waals surface area contributed by atoms with Crippen molar-refractivity contribution in [2.75, 3.05) is 19.4 Å². The monoisotopic (exact) mass is 441 g/mol. The average Bonchev–Trinajstić information content (AvgIpc) is 3.02. The lowest BCUT2D eigenvalue weighted by Gasteiger charge is -2.20. The van der Waals surface area contributed by atoms with Crippen molar-refractivity contribution in [1.82, 2.24) is 16.0 Å². The van der Waals surface area contributed by atoms with Crippen molar-refractivity contribution in [3.05, 3.63) is 28.8 Å². The number of hydrogen-bond donors (Lipinski definition) is 4. The van der Waals surface area contributed by atoms with Gasteiger partial charge in [-0.15, -0.1) is 0 Å². The third-order valence-corrected chi connectivity index (χ3v) is 4.78. The first-order valence-corrected chi connectivity index (χ1v) is 9.35. The van der Waals surface area contributed by atoms with Crippen LogP contribution in [0.4, 0.5) is 10.5 Å². The zero-order chi connectivity index (χ0) is 24.9. The van der Waals surface area contributed by atoms with Gasteiger partial charge in [0.1, 0.15) is 0 Å². The van der Waals surface area contributed by atoms with Gasteiger partial charge in [-0.25, -0.2) is 4.79 Å². The predicted molar refractivity (Wildman–Crippen MR) is 108 cm³/mol. The molecule has 2 rings (SSSR count). The molecule has 11 heteroatoms. The van der Waals surface area contributed by atoms with E-state index >= 15 is 0 Å². The highest BCUT2D eigenvalue weighted by Crippen LogP contribution is 2.23. The zero-order valence-corrected chi connectivity index (χ0v) is 17.0. The summed E-state index contributed by atoms with van der Waals surface area (Å²) in [5, 5.41) is 9.53. The molecular weight excluding hydrogens is 416 g/mol. The lowest BCUT2D eigenvalue weighted by molar-refractivity contribution is -0.139. The number of nitrogens with one attached hydrogen (secondary N) is 4. The Morgan fingerprint density at radius 3 is 2.70 bits per heavy atom. The summed E-state index contributed by atoms with van der Waals surface area (Å²) in [6.45, 7) is 1.79. The molecule has 0 bridgehead atoms. The lowest BCUT2D eigenvalue weighted by atomic mass is 9.93. The Bertz CT molecular complexity index is 971. The van der Waals surface area contributed by atoms with Crippen LogP contribution in [-0.4, -0.2) is 55.8 Å². The molecule has 1 aromatic rings. The number of ether oxygens (including phenoxy) is 1. The zero-order valence-electron chi connectivity index (χ0n) is 19.2. The molecule has 1 aromatic carbocycles. The highest BCUT2D eigenvalue weighted by Gasteiger charge is 2.36. The highest BCUT2D eigenvalue weighted by atomic mass is 35.5. The maximum atomic E-state index is 13.0. The van der Waals surface area contributed by atoms with E-state index in [9.17, 15) is 24.0 Å². The van der Waals surface area contributed by atoms with E-state index in [0.717, 1.165) is 0 Å². The van der Waals surface area contributed by atoms with Crippen LogP contribution in [0.15, 0.2) is 18.2 Å². The van der Waals surface area contributed by atoms with Gasteiger partial charge < -0.3 is 20.7 Å². The number of anilines is 1. The molecule has 30 heavy (non-hydrogen) atoms. The summed E-state index contributed by atoms with van der Waals surface area (Å²) in [5.74, 6) is -3.72. The minimum Gasteiger partial charge on any atom is -0.453 e. The van der Waals surface area contributed by atoms with Crippen LogP contribution >= 0.6 is 11.6 Å². The van der Waals surface area contributed by atoms with Gasteiger partial charge in [0, 0.05) is 24.0 Å². The average molecular weight is 442 g/mol. The van der Waals surface area contributed by atoms with Gasteiger partial charge in [0.25, 0.3) is 11.8 Å². The maximum absolute atomic E-state index is 13.0. The number of halogens is 1. The number of benzene rings is 1. The fourth-order valence-electron chi connectivity index (χ4n) is 3.14. The molecule has 1 aliphatic rings. The molecule has 4 N–H and O–H groups in total. The molecule has 162 valence electrons. The fraction of sp³-hybridized carbons (Fsp3) is 0.421. The molecule has 4 amide bonds. The van der Waals surface area contributed by atoms with Gasteiger partial charge in [0.05, 0.1) is 28.4 Å². The second kappa shape index (κ2) is 10.1. The van der Waals surface area contributed by atoms with E-state index in [2.05, 4.69) is 26.0 Å². The normalized spacial score (nSPS) is 20.6.